The van der Waals surface area contributed by atoms with E-state index in [1.807, 2.05) is 0 Å². The molecule has 2 nitrogen and oxygen atoms in total. The van der Waals surface area contributed by atoms with Gasteiger partial charge >= 0.3 is 0 Å². The van der Waals surface area contributed by atoms with Gasteiger partial charge in [-0.1, -0.05) is 105 Å². The van der Waals surface area contributed by atoms with Crippen LogP contribution in [0.15, 0.2) is 0 Å². The molecule has 0 fully saturated rings. The predicted octanol–water partition coefficient (Wildman–Crippen LogP) is 8.57. The van der Waals surface area contributed by atoms with E-state index >= 15 is 0 Å². The molecule has 0 aromatic heterocycles. The number of hydrogen-bond donors (Lipinski definition) is 0. The van der Waals surface area contributed by atoms with Crippen molar-refractivity contribution in [2.75, 3.05) is 26.4 Å². The molecule has 0 rings (SSSR count). The van der Waals surface area contributed by atoms with Crippen molar-refractivity contribution in [2.45, 2.75) is 130 Å². The lowest BCUT2D eigenvalue weighted by molar-refractivity contribution is 0.0168. The molecule has 0 N–H and O–H groups in total. The summed E-state index contributed by atoms with van der Waals surface area (Å²) in [6.07, 6.45) is 21.6. The molecule has 170 valence electrons. The zero-order chi connectivity index (χ0) is 20.7. The second-order valence-corrected chi connectivity index (χ2v) is 8.87. The van der Waals surface area contributed by atoms with Gasteiger partial charge in [-0.05, 0) is 37.5 Å². The third-order valence-corrected chi connectivity index (χ3v) is 5.94. The van der Waals surface area contributed by atoms with Crippen LogP contribution in [0.3, 0.4) is 0 Å². The second-order valence-electron chi connectivity index (χ2n) is 8.87. The standard InChI is InChI=1S/C26H54O2/c1-5-9-13-15-19-25(17-11-7-3)23-27-21-22-28-24-26(18-12-8-4)20-16-14-10-6-2/h25-26H,5-24H2,1-4H3. The normalized spacial score (nSPS) is 13.7. The van der Waals surface area contributed by atoms with Crippen LogP contribution in [-0.4, -0.2) is 26.4 Å². The molecule has 0 saturated heterocycles. The molecule has 0 aliphatic heterocycles. The van der Waals surface area contributed by atoms with E-state index < -0.39 is 0 Å². The van der Waals surface area contributed by atoms with Crippen LogP contribution < -0.4 is 0 Å². The highest BCUT2D eigenvalue weighted by Crippen LogP contribution is 2.19. The summed E-state index contributed by atoms with van der Waals surface area (Å²) >= 11 is 0. The van der Waals surface area contributed by atoms with Gasteiger partial charge in [0, 0.05) is 13.2 Å². The Bertz CT molecular complexity index is 252. The Morgan fingerprint density at radius 2 is 0.786 bits per heavy atom. The molecule has 28 heavy (non-hydrogen) atoms. The van der Waals surface area contributed by atoms with Crippen molar-refractivity contribution in [3.63, 3.8) is 0 Å². The third-order valence-electron chi connectivity index (χ3n) is 5.94. The lowest BCUT2D eigenvalue weighted by atomic mass is 9.96. The van der Waals surface area contributed by atoms with Crippen molar-refractivity contribution in [3.05, 3.63) is 0 Å². The van der Waals surface area contributed by atoms with E-state index in [9.17, 15) is 0 Å². The van der Waals surface area contributed by atoms with Crippen molar-refractivity contribution in [1.29, 1.82) is 0 Å². The highest BCUT2D eigenvalue weighted by atomic mass is 16.5. The minimum Gasteiger partial charge on any atom is -0.379 e. The molecule has 2 unspecified atom stereocenters. The molecule has 0 amide bonds. The Morgan fingerprint density at radius 3 is 1.14 bits per heavy atom. The van der Waals surface area contributed by atoms with Crippen molar-refractivity contribution in [3.8, 4) is 0 Å². The van der Waals surface area contributed by atoms with Gasteiger partial charge in [0.05, 0.1) is 13.2 Å². The highest BCUT2D eigenvalue weighted by Gasteiger charge is 2.10. The lowest BCUT2D eigenvalue weighted by Crippen LogP contribution is -2.16. The molecule has 2 heteroatoms. The van der Waals surface area contributed by atoms with Gasteiger partial charge in [0.1, 0.15) is 0 Å². The molecule has 0 heterocycles. The minimum atomic E-state index is 0.757. The fourth-order valence-corrected chi connectivity index (χ4v) is 3.95. The van der Waals surface area contributed by atoms with Gasteiger partial charge in [-0.3, -0.25) is 0 Å². The SMILES string of the molecule is CCCCCCC(CCCC)COCCOCC(CCCC)CCCCCC. The summed E-state index contributed by atoms with van der Waals surface area (Å²) in [6, 6.07) is 0. The molecule has 0 saturated carbocycles. The van der Waals surface area contributed by atoms with E-state index in [0.717, 1.165) is 38.3 Å². The molecule has 0 aliphatic carbocycles. The Morgan fingerprint density at radius 1 is 0.429 bits per heavy atom. The summed E-state index contributed by atoms with van der Waals surface area (Å²) in [4.78, 5) is 0. The molecule has 0 aliphatic rings. The molecule has 0 spiro atoms. The van der Waals surface area contributed by atoms with Crippen molar-refractivity contribution < 1.29 is 9.47 Å². The maximum absolute atomic E-state index is 6.00. The fraction of sp³-hybridized carbons (Fsp3) is 1.00. The van der Waals surface area contributed by atoms with Crippen LogP contribution in [0, 0.1) is 11.8 Å². The smallest absolute Gasteiger partial charge is 0.0700 e. The fourth-order valence-electron chi connectivity index (χ4n) is 3.95. The summed E-state index contributed by atoms with van der Waals surface area (Å²) in [5.74, 6) is 1.51. The summed E-state index contributed by atoms with van der Waals surface area (Å²) in [5, 5.41) is 0. The van der Waals surface area contributed by atoms with Gasteiger partial charge in [-0.25, -0.2) is 0 Å². The third kappa shape index (κ3) is 19.2. The molecular weight excluding hydrogens is 344 g/mol. The van der Waals surface area contributed by atoms with Gasteiger partial charge in [0.25, 0.3) is 0 Å². The van der Waals surface area contributed by atoms with Gasteiger partial charge in [0.15, 0.2) is 0 Å². The maximum atomic E-state index is 6.00. The summed E-state index contributed by atoms with van der Waals surface area (Å²) in [5.41, 5.74) is 0. The minimum absolute atomic E-state index is 0.757. The predicted molar refractivity (Wildman–Crippen MR) is 125 cm³/mol. The average Bonchev–Trinajstić information content (AvgIpc) is 2.71. The molecule has 0 aromatic carbocycles. The first-order valence-corrected chi connectivity index (χ1v) is 12.9. The molecular formula is C26H54O2. The van der Waals surface area contributed by atoms with Gasteiger partial charge in [-0.15, -0.1) is 0 Å². The Labute approximate surface area is 178 Å². The first kappa shape index (κ1) is 27.9. The van der Waals surface area contributed by atoms with E-state index in [2.05, 4.69) is 27.7 Å². The number of unbranched alkanes of at least 4 members (excludes halogenated alkanes) is 8. The van der Waals surface area contributed by atoms with Crippen molar-refractivity contribution in [2.24, 2.45) is 11.8 Å². The van der Waals surface area contributed by atoms with E-state index in [1.165, 1.54) is 103 Å². The Kier molecular flexibility index (Phi) is 23.1. The lowest BCUT2D eigenvalue weighted by Gasteiger charge is -2.18. The van der Waals surface area contributed by atoms with Crippen LogP contribution in [0.2, 0.25) is 0 Å². The van der Waals surface area contributed by atoms with E-state index in [4.69, 9.17) is 9.47 Å². The van der Waals surface area contributed by atoms with Crippen molar-refractivity contribution >= 4 is 0 Å². The molecule has 2 atom stereocenters. The quantitative estimate of drug-likeness (QED) is 0.160. The zero-order valence-corrected chi connectivity index (χ0v) is 20.1. The summed E-state index contributed by atoms with van der Waals surface area (Å²) < 4.78 is 12.0. The average molecular weight is 399 g/mol. The summed E-state index contributed by atoms with van der Waals surface area (Å²) in [7, 11) is 0. The van der Waals surface area contributed by atoms with Crippen LogP contribution in [0.5, 0.6) is 0 Å². The van der Waals surface area contributed by atoms with Gasteiger partial charge in [0.2, 0.25) is 0 Å². The first-order valence-electron chi connectivity index (χ1n) is 12.9. The highest BCUT2D eigenvalue weighted by molar-refractivity contribution is 4.61. The number of rotatable bonds is 23. The number of hydrogen-bond acceptors (Lipinski definition) is 2. The Hall–Kier alpha value is -0.0800. The molecule has 0 bridgehead atoms. The van der Waals surface area contributed by atoms with Crippen LogP contribution in [0.4, 0.5) is 0 Å². The van der Waals surface area contributed by atoms with Crippen LogP contribution in [-0.2, 0) is 9.47 Å². The molecule has 0 aromatic rings. The topological polar surface area (TPSA) is 18.5 Å². The van der Waals surface area contributed by atoms with Crippen LogP contribution in [0.1, 0.15) is 130 Å². The van der Waals surface area contributed by atoms with Gasteiger partial charge < -0.3 is 9.47 Å². The second kappa shape index (κ2) is 23.2. The van der Waals surface area contributed by atoms with E-state index in [0.29, 0.717) is 0 Å². The maximum Gasteiger partial charge on any atom is 0.0700 e. The summed E-state index contributed by atoms with van der Waals surface area (Å²) in [6.45, 7) is 12.6. The number of ether oxygens (including phenoxy) is 2. The zero-order valence-electron chi connectivity index (χ0n) is 20.1. The van der Waals surface area contributed by atoms with Crippen molar-refractivity contribution in [1.82, 2.24) is 0 Å². The monoisotopic (exact) mass is 398 g/mol. The van der Waals surface area contributed by atoms with E-state index in [1.54, 1.807) is 0 Å². The Balaban J connectivity index is 3.86. The van der Waals surface area contributed by atoms with Crippen LogP contribution in [0.25, 0.3) is 0 Å². The largest absolute Gasteiger partial charge is 0.379 e. The van der Waals surface area contributed by atoms with Crippen LogP contribution >= 0.6 is 0 Å². The van der Waals surface area contributed by atoms with E-state index in [-0.39, 0.29) is 0 Å². The molecule has 0 radical (unpaired) electrons. The first-order chi connectivity index (χ1) is 13.8. The van der Waals surface area contributed by atoms with Gasteiger partial charge in [-0.2, -0.15) is 0 Å².